The lowest BCUT2D eigenvalue weighted by molar-refractivity contribution is 0.0577. The SMILES string of the molecule is CC(C)[Si](C(C)C)(C(C)C)C(O)(c1sc(N(Cc2ccncc2)C(=O)OC(C)(C)C)nc1Cl)c1c[nH]c2ncccc12. The van der Waals surface area contributed by atoms with E-state index in [9.17, 15) is 9.90 Å². The molecule has 0 radical (unpaired) electrons. The predicted octanol–water partition coefficient (Wildman–Crippen LogP) is 8.46. The van der Waals surface area contributed by atoms with Gasteiger partial charge < -0.3 is 14.8 Å². The molecule has 1 atom stereocenters. The van der Waals surface area contributed by atoms with Gasteiger partial charge in [0.15, 0.2) is 5.13 Å². The van der Waals surface area contributed by atoms with E-state index in [1.165, 1.54) is 16.2 Å². The number of halogens is 1. The molecule has 0 fully saturated rings. The largest absolute Gasteiger partial charge is 0.443 e. The molecule has 4 rings (SSSR count). The predicted molar refractivity (Wildman–Crippen MR) is 174 cm³/mol. The summed E-state index contributed by atoms with van der Waals surface area (Å²) < 4.78 is 5.80. The lowest BCUT2D eigenvalue weighted by Gasteiger charge is -2.53. The molecule has 1 amide bonds. The van der Waals surface area contributed by atoms with Crippen molar-refractivity contribution >= 4 is 53.3 Å². The molecule has 4 aromatic heterocycles. The molecule has 0 saturated carbocycles. The molecular formula is C31H42ClN5O3SSi. The second-order valence-electron chi connectivity index (χ2n) is 12.7. The van der Waals surface area contributed by atoms with E-state index in [4.69, 9.17) is 21.3 Å². The van der Waals surface area contributed by atoms with Crippen LogP contribution in [0.15, 0.2) is 49.1 Å². The van der Waals surface area contributed by atoms with Crippen LogP contribution >= 0.6 is 22.9 Å². The molecule has 1 unspecified atom stereocenters. The zero-order chi connectivity index (χ0) is 31.0. The van der Waals surface area contributed by atoms with E-state index in [1.54, 1.807) is 18.6 Å². The summed E-state index contributed by atoms with van der Waals surface area (Å²) in [6.07, 6.45) is 6.41. The Kier molecular flexibility index (Phi) is 9.23. The normalized spacial score (nSPS) is 14.1. The zero-order valence-corrected chi connectivity index (χ0v) is 28.5. The number of amides is 1. The molecule has 226 valence electrons. The van der Waals surface area contributed by atoms with Crippen molar-refractivity contribution in [3.05, 3.63) is 70.2 Å². The van der Waals surface area contributed by atoms with Gasteiger partial charge in [0, 0.05) is 35.7 Å². The van der Waals surface area contributed by atoms with Crippen LogP contribution in [0, 0.1) is 0 Å². The van der Waals surface area contributed by atoms with E-state index in [-0.39, 0.29) is 28.3 Å². The van der Waals surface area contributed by atoms with Gasteiger partial charge in [0.2, 0.25) is 0 Å². The Morgan fingerprint density at radius 3 is 2.26 bits per heavy atom. The van der Waals surface area contributed by atoms with Crippen molar-refractivity contribution in [2.45, 2.75) is 96.3 Å². The highest BCUT2D eigenvalue weighted by Gasteiger charge is 2.62. The molecule has 0 aliphatic rings. The Hall–Kier alpha value is -2.79. The second kappa shape index (κ2) is 12.1. The van der Waals surface area contributed by atoms with E-state index in [0.29, 0.717) is 15.7 Å². The third-order valence-electron chi connectivity index (χ3n) is 8.17. The van der Waals surface area contributed by atoms with Gasteiger partial charge in [-0.15, -0.1) is 0 Å². The van der Waals surface area contributed by atoms with Gasteiger partial charge in [-0.05, 0) is 67.2 Å². The van der Waals surface area contributed by atoms with Crippen LogP contribution in [0.4, 0.5) is 9.93 Å². The van der Waals surface area contributed by atoms with Crippen molar-refractivity contribution in [1.29, 1.82) is 0 Å². The van der Waals surface area contributed by atoms with E-state index < -0.39 is 25.0 Å². The second-order valence-corrected chi connectivity index (χ2v) is 20.1. The van der Waals surface area contributed by atoms with Crippen molar-refractivity contribution in [3.63, 3.8) is 0 Å². The van der Waals surface area contributed by atoms with Crippen molar-refractivity contribution in [2.24, 2.45) is 0 Å². The van der Waals surface area contributed by atoms with Gasteiger partial charge >= 0.3 is 6.09 Å². The topological polar surface area (TPSA) is 104 Å². The van der Waals surface area contributed by atoms with Crippen LogP contribution in [0.3, 0.4) is 0 Å². The van der Waals surface area contributed by atoms with Gasteiger partial charge in [0.25, 0.3) is 0 Å². The monoisotopic (exact) mass is 627 g/mol. The maximum Gasteiger partial charge on any atom is 0.416 e. The minimum atomic E-state index is -2.79. The van der Waals surface area contributed by atoms with Crippen molar-refractivity contribution < 1.29 is 14.6 Å². The Labute approximate surface area is 258 Å². The first-order valence-electron chi connectivity index (χ1n) is 14.4. The quantitative estimate of drug-likeness (QED) is 0.180. The summed E-state index contributed by atoms with van der Waals surface area (Å²) in [7, 11) is -2.79. The summed E-state index contributed by atoms with van der Waals surface area (Å²) in [5, 5.41) is 13.4. The number of carbonyl (C=O) groups is 1. The minimum Gasteiger partial charge on any atom is -0.443 e. The third-order valence-corrected chi connectivity index (χ3v) is 17.4. The molecule has 4 heterocycles. The highest BCUT2D eigenvalue weighted by molar-refractivity contribution is 7.17. The van der Waals surface area contributed by atoms with E-state index >= 15 is 0 Å². The molecule has 0 aromatic carbocycles. The fourth-order valence-electron chi connectivity index (χ4n) is 6.89. The van der Waals surface area contributed by atoms with Gasteiger partial charge in [-0.25, -0.2) is 19.7 Å². The number of hydrogen-bond acceptors (Lipinski definition) is 7. The number of ether oxygens (including phenoxy) is 1. The first kappa shape index (κ1) is 32.1. The molecule has 42 heavy (non-hydrogen) atoms. The lowest BCUT2D eigenvalue weighted by Crippen LogP contribution is -2.62. The Morgan fingerprint density at radius 1 is 1.07 bits per heavy atom. The molecule has 0 bridgehead atoms. The van der Waals surface area contributed by atoms with Gasteiger partial charge in [0.05, 0.1) is 11.4 Å². The average molecular weight is 628 g/mol. The smallest absolute Gasteiger partial charge is 0.416 e. The summed E-state index contributed by atoms with van der Waals surface area (Å²) >= 11 is 8.30. The van der Waals surface area contributed by atoms with Gasteiger partial charge in [-0.2, -0.15) is 0 Å². The molecule has 0 spiro atoms. The number of thiazole rings is 1. The van der Waals surface area contributed by atoms with Crippen molar-refractivity contribution in [3.8, 4) is 0 Å². The van der Waals surface area contributed by atoms with E-state index in [0.717, 1.165) is 16.5 Å². The number of fused-ring (bicyclic) bond motifs is 1. The van der Waals surface area contributed by atoms with Gasteiger partial charge in [0.1, 0.15) is 29.7 Å². The highest BCUT2D eigenvalue weighted by atomic mass is 35.5. The highest BCUT2D eigenvalue weighted by Crippen LogP contribution is 2.58. The number of pyridine rings is 2. The summed E-state index contributed by atoms with van der Waals surface area (Å²) in [4.78, 5) is 32.3. The molecule has 2 N–H and O–H groups in total. The third kappa shape index (κ3) is 5.61. The minimum absolute atomic E-state index is 0.171. The van der Waals surface area contributed by atoms with Crippen LogP contribution in [-0.4, -0.2) is 44.8 Å². The Bertz CT molecular complexity index is 1510. The van der Waals surface area contributed by atoms with E-state index in [2.05, 4.69) is 56.5 Å². The molecule has 11 heteroatoms. The summed E-state index contributed by atoms with van der Waals surface area (Å²) in [5.41, 5.74) is 2.09. The molecule has 0 saturated heterocycles. The van der Waals surface area contributed by atoms with Crippen molar-refractivity contribution in [1.82, 2.24) is 19.9 Å². The van der Waals surface area contributed by atoms with Gasteiger partial charge in [-0.1, -0.05) is 64.5 Å². The number of hydrogen-bond donors (Lipinski definition) is 2. The van der Waals surface area contributed by atoms with Crippen molar-refractivity contribution in [2.75, 3.05) is 4.90 Å². The first-order valence-corrected chi connectivity index (χ1v) is 17.8. The average Bonchev–Trinajstić information content (AvgIpc) is 3.50. The fraction of sp³-hybridized carbons (Fsp3) is 0.484. The number of H-pyrrole nitrogens is 1. The number of carbonyl (C=O) groups excluding carboxylic acids is 1. The standard InChI is InChI=1S/C31H42ClN5O3SSi/c1-19(2)42(20(3)4,21(5)6)31(39,24-17-35-27-23(24)11-10-14-34-27)25-26(32)36-28(41-25)37(29(38)40-30(7,8)9)18-22-12-15-33-16-13-22/h10-17,19-21,39H,18H2,1-9H3,(H,34,35). The maximum absolute atomic E-state index is 13.6. The molecule has 0 aliphatic carbocycles. The number of aromatic amines is 1. The number of nitrogens with one attached hydrogen (secondary N) is 1. The van der Waals surface area contributed by atoms with Crippen LogP contribution in [0.25, 0.3) is 11.0 Å². The lowest BCUT2D eigenvalue weighted by atomic mass is 10.1. The number of rotatable bonds is 9. The first-order chi connectivity index (χ1) is 19.6. The zero-order valence-electron chi connectivity index (χ0n) is 25.9. The Morgan fingerprint density at radius 2 is 1.69 bits per heavy atom. The van der Waals surface area contributed by atoms with E-state index in [1.807, 2.05) is 51.2 Å². The summed E-state index contributed by atoms with van der Waals surface area (Å²) in [6, 6.07) is 7.54. The fourth-order valence-corrected chi connectivity index (χ4v) is 16.7. The number of aromatic nitrogens is 4. The number of anilines is 1. The number of nitrogens with zero attached hydrogens (tertiary/aromatic N) is 4. The van der Waals surface area contributed by atoms with Gasteiger partial charge in [-0.3, -0.25) is 4.98 Å². The van der Waals surface area contributed by atoms with Crippen LogP contribution in [0.1, 0.15) is 78.3 Å². The summed E-state index contributed by atoms with van der Waals surface area (Å²) in [5.74, 6) is 0. The number of aliphatic hydroxyl groups is 1. The van der Waals surface area contributed by atoms with Crippen LogP contribution in [0.2, 0.25) is 21.8 Å². The maximum atomic E-state index is 13.6. The van der Waals surface area contributed by atoms with Crippen LogP contribution in [0.5, 0.6) is 0 Å². The molecule has 4 aromatic rings. The molecular weight excluding hydrogens is 586 g/mol. The Balaban J connectivity index is 2.01. The molecule has 8 nitrogen and oxygen atoms in total. The van der Waals surface area contributed by atoms with Crippen LogP contribution in [-0.2, 0) is 16.5 Å². The summed E-state index contributed by atoms with van der Waals surface area (Å²) in [6.45, 7) is 18.9. The molecule has 0 aliphatic heterocycles. The van der Waals surface area contributed by atoms with Crippen LogP contribution < -0.4 is 4.90 Å².